The Morgan fingerprint density at radius 1 is 1.07 bits per heavy atom. The van der Waals surface area contributed by atoms with Gasteiger partial charge in [-0.3, -0.25) is 24.7 Å². The number of benzene rings is 1. The number of hydrogen-bond acceptors (Lipinski definition) is 6. The van der Waals surface area contributed by atoms with Gasteiger partial charge in [-0.05, 0) is 50.5 Å². The molecule has 0 saturated carbocycles. The van der Waals surface area contributed by atoms with Crippen molar-refractivity contribution >= 4 is 46.3 Å². The molecule has 3 amide bonds. The highest BCUT2D eigenvalue weighted by atomic mass is 35.5. The molecule has 0 bridgehead atoms. The summed E-state index contributed by atoms with van der Waals surface area (Å²) in [4.78, 5) is 50.9. The minimum atomic E-state index is -0.283. The second kappa shape index (κ2) is 12.9. The van der Waals surface area contributed by atoms with Gasteiger partial charge in [-0.1, -0.05) is 6.07 Å². The molecule has 2 aromatic heterocycles. The smallest absolute Gasteiger partial charge is 0.258 e. The Kier molecular flexibility index (Phi) is 9.07. The largest absolute Gasteiger partial charge is 0.488 e. The number of hydrogen-bond donors (Lipinski definition) is 1. The first kappa shape index (κ1) is 28.9. The van der Waals surface area contributed by atoms with Gasteiger partial charge in [-0.2, -0.15) is 0 Å². The van der Waals surface area contributed by atoms with Crippen molar-refractivity contribution in [1.29, 1.82) is 0 Å². The SMILES string of the molecule is CC(=O)N1CCC(Oc2cccc3nc(NC(=O)c4ccnc(C)c4)n([C@@H]4CCCCN(C(=O)CCCl)C4)c23)CC1. The van der Waals surface area contributed by atoms with Gasteiger partial charge < -0.3 is 19.1 Å². The Morgan fingerprint density at radius 3 is 2.61 bits per heavy atom. The zero-order chi connectivity index (χ0) is 28.9. The lowest BCUT2D eigenvalue weighted by molar-refractivity contribution is -0.131. The van der Waals surface area contributed by atoms with E-state index in [1.807, 2.05) is 39.5 Å². The van der Waals surface area contributed by atoms with Crippen LogP contribution in [0, 0.1) is 6.92 Å². The first-order valence-corrected chi connectivity index (χ1v) is 14.9. The van der Waals surface area contributed by atoms with Crippen molar-refractivity contribution < 1.29 is 19.1 Å². The second-order valence-electron chi connectivity index (χ2n) is 10.8. The number of imidazole rings is 1. The Morgan fingerprint density at radius 2 is 1.88 bits per heavy atom. The molecule has 0 aliphatic carbocycles. The summed E-state index contributed by atoms with van der Waals surface area (Å²) in [7, 11) is 0. The Balaban J connectivity index is 1.52. The number of pyridine rings is 1. The van der Waals surface area contributed by atoms with Crippen LogP contribution in [0.15, 0.2) is 36.5 Å². The predicted octanol–water partition coefficient (Wildman–Crippen LogP) is 4.56. The highest BCUT2D eigenvalue weighted by Crippen LogP contribution is 2.36. The maximum atomic E-state index is 13.4. The molecule has 218 valence electrons. The number of carbonyl (C=O) groups excluding carboxylic acids is 3. The molecule has 2 fully saturated rings. The van der Waals surface area contributed by atoms with Crippen LogP contribution in [0.3, 0.4) is 0 Å². The van der Waals surface area contributed by atoms with Crippen LogP contribution in [0.5, 0.6) is 5.75 Å². The minimum Gasteiger partial charge on any atom is -0.488 e. The average Bonchev–Trinajstić information content (AvgIpc) is 3.14. The summed E-state index contributed by atoms with van der Waals surface area (Å²) >= 11 is 5.91. The number of piperidine rings is 1. The quantitative estimate of drug-likeness (QED) is 0.410. The third-order valence-corrected chi connectivity index (χ3v) is 8.10. The lowest BCUT2D eigenvalue weighted by atomic mass is 10.1. The molecule has 10 nitrogen and oxygen atoms in total. The molecule has 11 heteroatoms. The fourth-order valence-corrected chi connectivity index (χ4v) is 5.94. The van der Waals surface area contributed by atoms with E-state index in [0.717, 1.165) is 43.3 Å². The molecule has 2 saturated heterocycles. The summed E-state index contributed by atoms with van der Waals surface area (Å²) in [5, 5.41) is 3.04. The Hall–Kier alpha value is -3.66. The third kappa shape index (κ3) is 6.64. The van der Waals surface area contributed by atoms with Crippen molar-refractivity contribution in [1.82, 2.24) is 24.3 Å². The second-order valence-corrected chi connectivity index (χ2v) is 11.2. The van der Waals surface area contributed by atoms with E-state index >= 15 is 0 Å². The summed E-state index contributed by atoms with van der Waals surface area (Å²) in [6, 6.07) is 9.04. The molecule has 1 atom stereocenters. The van der Waals surface area contributed by atoms with E-state index in [-0.39, 0.29) is 42.2 Å². The fraction of sp³-hybridized carbons (Fsp3) is 0.500. The summed E-state index contributed by atoms with van der Waals surface area (Å²) in [6.07, 6.45) is 5.97. The van der Waals surface area contributed by atoms with Crippen LogP contribution < -0.4 is 10.1 Å². The van der Waals surface area contributed by atoms with E-state index in [1.165, 1.54) is 0 Å². The first-order chi connectivity index (χ1) is 19.8. The van der Waals surface area contributed by atoms with Gasteiger partial charge in [0.25, 0.3) is 5.91 Å². The molecule has 3 aromatic rings. The Labute approximate surface area is 245 Å². The maximum absolute atomic E-state index is 13.4. The number of aryl methyl sites for hydroxylation is 1. The molecule has 0 radical (unpaired) electrons. The van der Waals surface area contributed by atoms with Gasteiger partial charge in [0.1, 0.15) is 17.4 Å². The number of nitrogens with zero attached hydrogens (tertiary/aromatic N) is 5. The van der Waals surface area contributed by atoms with Crippen LogP contribution in [0.25, 0.3) is 11.0 Å². The molecule has 0 spiro atoms. The number of aromatic nitrogens is 3. The van der Waals surface area contributed by atoms with Crippen molar-refractivity contribution in [2.24, 2.45) is 0 Å². The van der Waals surface area contributed by atoms with Crippen molar-refractivity contribution in [3.05, 3.63) is 47.8 Å². The van der Waals surface area contributed by atoms with Crippen LogP contribution >= 0.6 is 11.6 Å². The number of fused-ring (bicyclic) bond motifs is 1. The normalized spacial score (nSPS) is 18.3. The highest BCUT2D eigenvalue weighted by molar-refractivity contribution is 6.18. The van der Waals surface area contributed by atoms with Crippen LogP contribution in [0.1, 0.15) is 67.5 Å². The number of anilines is 1. The summed E-state index contributed by atoms with van der Waals surface area (Å²) in [5.41, 5.74) is 2.73. The van der Waals surface area contributed by atoms with Crippen LogP contribution in [0.4, 0.5) is 5.95 Å². The number of carbonyl (C=O) groups is 3. The molecule has 2 aliphatic rings. The van der Waals surface area contributed by atoms with E-state index < -0.39 is 0 Å². The molecule has 5 rings (SSSR count). The number of alkyl halides is 1. The number of ether oxygens (including phenoxy) is 1. The van der Waals surface area contributed by atoms with Gasteiger partial charge in [-0.15, -0.1) is 11.6 Å². The van der Waals surface area contributed by atoms with Gasteiger partial charge in [0, 0.05) is 75.7 Å². The zero-order valence-electron chi connectivity index (χ0n) is 23.6. The molecule has 2 aliphatic heterocycles. The molecule has 1 N–H and O–H groups in total. The zero-order valence-corrected chi connectivity index (χ0v) is 24.4. The van der Waals surface area contributed by atoms with Crippen LogP contribution in [-0.2, 0) is 9.59 Å². The van der Waals surface area contributed by atoms with Crippen molar-refractivity contribution in [3.8, 4) is 5.75 Å². The maximum Gasteiger partial charge on any atom is 0.258 e. The van der Waals surface area contributed by atoms with Gasteiger partial charge >= 0.3 is 0 Å². The topological polar surface area (TPSA) is 110 Å². The molecular formula is C30H37ClN6O4. The third-order valence-electron chi connectivity index (χ3n) is 7.91. The number of likely N-dealkylation sites (tertiary alicyclic amines) is 2. The van der Waals surface area contributed by atoms with Gasteiger partial charge in [0.15, 0.2) is 0 Å². The molecular weight excluding hydrogens is 544 g/mol. The van der Waals surface area contributed by atoms with Gasteiger partial charge in [-0.25, -0.2) is 4.98 Å². The van der Waals surface area contributed by atoms with E-state index in [0.29, 0.717) is 49.0 Å². The molecule has 1 aromatic carbocycles. The fourth-order valence-electron chi connectivity index (χ4n) is 5.78. The monoisotopic (exact) mass is 580 g/mol. The van der Waals surface area contributed by atoms with Crippen molar-refractivity contribution in [2.75, 3.05) is 37.4 Å². The summed E-state index contributed by atoms with van der Waals surface area (Å²) in [5.74, 6) is 1.20. The van der Waals surface area contributed by atoms with Gasteiger partial charge in [0.2, 0.25) is 17.8 Å². The van der Waals surface area contributed by atoms with E-state index in [9.17, 15) is 14.4 Å². The van der Waals surface area contributed by atoms with Gasteiger partial charge in [0.05, 0.1) is 11.6 Å². The minimum absolute atomic E-state index is 0.0304. The van der Waals surface area contributed by atoms with Crippen LogP contribution in [0.2, 0.25) is 0 Å². The molecule has 41 heavy (non-hydrogen) atoms. The van der Waals surface area contributed by atoms with E-state index in [4.69, 9.17) is 21.3 Å². The standard InChI is InChI=1S/C30H37ClN6O4/c1-20-18-22(10-14-32-20)29(40)34-30-33-25-7-5-8-26(41-24-11-16-35(17-12-24)21(2)38)28(25)37(30)23-6-3-4-15-36(19-23)27(39)9-13-31/h5,7-8,10,14,18,23-24H,3-4,6,9,11-13,15-17,19H2,1-2H3,(H,33,34,40)/t23-/m1/s1. The first-order valence-electron chi connectivity index (χ1n) is 14.3. The lowest BCUT2D eigenvalue weighted by Gasteiger charge is -2.32. The molecule has 0 unspecified atom stereocenters. The average molecular weight is 581 g/mol. The number of halogens is 1. The number of para-hydroxylation sites is 1. The molecule has 4 heterocycles. The number of rotatable bonds is 7. The predicted molar refractivity (Wildman–Crippen MR) is 157 cm³/mol. The van der Waals surface area contributed by atoms with E-state index in [1.54, 1.807) is 25.3 Å². The number of amides is 3. The van der Waals surface area contributed by atoms with Crippen LogP contribution in [-0.4, -0.2) is 80.2 Å². The van der Waals surface area contributed by atoms with Crippen molar-refractivity contribution in [2.45, 2.75) is 64.5 Å². The number of nitrogens with one attached hydrogen (secondary N) is 1. The Bertz CT molecular complexity index is 1420. The van der Waals surface area contributed by atoms with E-state index in [2.05, 4.69) is 10.3 Å². The van der Waals surface area contributed by atoms with Crippen molar-refractivity contribution in [3.63, 3.8) is 0 Å². The summed E-state index contributed by atoms with van der Waals surface area (Å²) < 4.78 is 8.62. The summed E-state index contributed by atoms with van der Waals surface area (Å²) in [6.45, 7) is 5.91. The lowest BCUT2D eigenvalue weighted by Crippen LogP contribution is -2.40. The highest BCUT2D eigenvalue weighted by Gasteiger charge is 2.30.